The number of benzene rings is 1. The molecule has 0 spiro atoms. The van der Waals surface area contributed by atoms with Gasteiger partial charge in [0, 0.05) is 19.5 Å². The molecule has 0 aliphatic heterocycles. The predicted octanol–water partition coefficient (Wildman–Crippen LogP) is 2.50. The van der Waals surface area contributed by atoms with Crippen molar-refractivity contribution < 1.29 is 9.53 Å². The van der Waals surface area contributed by atoms with Crippen LogP contribution in [0.2, 0.25) is 0 Å². The Kier molecular flexibility index (Phi) is 7.23. The van der Waals surface area contributed by atoms with Gasteiger partial charge in [0.1, 0.15) is 5.75 Å². The van der Waals surface area contributed by atoms with Crippen LogP contribution >= 0.6 is 0 Å². The van der Waals surface area contributed by atoms with Crippen molar-refractivity contribution in [2.45, 2.75) is 26.2 Å². The van der Waals surface area contributed by atoms with E-state index in [-0.39, 0.29) is 11.8 Å². The fourth-order valence-electron chi connectivity index (χ4n) is 2.37. The second-order valence-corrected chi connectivity index (χ2v) is 5.95. The quantitative estimate of drug-likeness (QED) is 0.800. The highest BCUT2D eigenvalue weighted by atomic mass is 16.5. The average Bonchev–Trinajstić information content (AvgIpc) is 2.44. The second-order valence-electron chi connectivity index (χ2n) is 5.95. The van der Waals surface area contributed by atoms with E-state index in [0.717, 1.165) is 17.9 Å². The van der Waals surface area contributed by atoms with E-state index in [1.165, 1.54) is 0 Å². The Morgan fingerprint density at radius 3 is 2.52 bits per heavy atom. The number of nitrogens with zero attached hydrogens (tertiary/aromatic N) is 1. The first-order valence-corrected chi connectivity index (χ1v) is 7.50. The van der Waals surface area contributed by atoms with Gasteiger partial charge < -0.3 is 15.0 Å². The van der Waals surface area contributed by atoms with E-state index in [9.17, 15) is 4.79 Å². The van der Waals surface area contributed by atoms with E-state index < -0.39 is 0 Å². The summed E-state index contributed by atoms with van der Waals surface area (Å²) in [4.78, 5) is 14.2. The lowest BCUT2D eigenvalue weighted by atomic mass is 9.85. The van der Waals surface area contributed by atoms with Crippen molar-refractivity contribution in [3.8, 4) is 5.75 Å². The normalized spacial score (nSPS) is 12.5. The summed E-state index contributed by atoms with van der Waals surface area (Å²) in [7, 11) is 5.67. The molecule has 0 heterocycles. The van der Waals surface area contributed by atoms with Gasteiger partial charge in [-0.05, 0) is 37.6 Å². The molecule has 1 amide bonds. The van der Waals surface area contributed by atoms with Gasteiger partial charge in [-0.2, -0.15) is 0 Å². The van der Waals surface area contributed by atoms with E-state index in [1.54, 1.807) is 7.11 Å². The maximum absolute atomic E-state index is 12.1. The van der Waals surface area contributed by atoms with Crippen molar-refractivity contribution in [1.29, 1.82) is 0 Å². The standard InChI is InChI=1S/C17H28N2O2/c1-13(2)15(12-17(20)18-10-11-19(3)4)14-8-6-7-9-16(14)21-5/h6-9,13,15H,10-12H2,1-5H3,(H,18,20)/t15-/m1/s1. The third kappa shape index (κ3) is 5.76. The molecule has 0 unspecified atom stereocenters. The van der Waals surface area contributed by atoms with Crippen molar-refractivity contribution >= 4 is 5.91 Å². The minimum atomic E-state index is 0.0986. The molecule has 1 aromatic rings. The van der Waals surface area contributed by atoms with Gasteiger partial charge in [0.15, 0.2) is 0 Å². The molecule has 0 saturated carbocycles. The summed E-state index contributed by atoms with van der Waals surface area (Å²) >= 11 is 0. The molecular formula is C17H28N2O2. The molecule has 1 N–H and O–H groups in total. The monoisotopic (exact) mass is 292 g/mol. The largest absolute Gasteiger partial charge is 0.496 e. The number of amides is 1. The third-order valence-electron chi connectivity index (χ3n) is 3.63. The van der Waals surface area contributed by atoms with Crippen LogP contribution in [0.5, 0.6) is 5.75 Å². The number of hydrogen-bond acceptors (Lipinski definition) is 3. The van der Waals surface area contributed by atoms with Crippen LogP contribution in [-0.4, -0.2) is 45.1 Å². The zero-order chi connectivity index (χ0) is 15.8. The number of nitrogens with one attached hydrogen (secondary N) is 1. The lowest BCUT2D eigenvalue weighted by Gasteiger charge is -2.23. The maximum atomic E-state index is 12.1. The summed E-state index contributed by atoms with van der Waals surface area (Å²) in [5.74, 6) is 1.50. The first-order valence-electron chi connectivity index (χ1n) is 7.50. The Balaban J connectivity index is 2.72. The Morgan fingerprint density at radius 1 is 1.29 bits per heavy atom. The summed E-state index contributed by atoms with van der Waals surface area (Å²) < 4.78 is 5.43. The molecule has 0 radical (unpaired) electrons. The van der Waals surface area contributed by atoms with Crippen molar-refractivity contribution in [2.24, 2.45) is 5.92 Å². The molecule has 4 nitrogen and oxygen atoms in total. The van der Waals surface area contributed by atoms with Crippen molar-refractivity contribution in [3.63, 3.8) is 0 Å². The molecule has 0 bridgehead atoms. The van der Waals surface area contributed by atoms with Gasteiger partial charge in [0.05, 0.1) is 7.11 Å². The Morgan fingerprint density at radius 2 is 1.95 bits per heavy atom. The van der Waals surface area contributed by atoms with Gasteiger partial charge in [0.25, 0.3) is 0 Å². The lowest BCUT2D eigenvalue weighted by molar-refractivity contribution is -0.121. The number of carbonyl (C=O) groups excluding carboxylic acids is 1. The van der Waals surface area contributed by atoms with Crippen molar-refractivity contribution in [1.82, 2.24) is 10.2 Å². The van der Waals surface area contributed by atoms with E-state index in [0.29, 0.717) is 18.9 Å². The van der Waals surface area contributed by atoms with Crippen molar-refractivity contribution in [3.05, 3.63) is 29.8 Å². The number of likely N-dealkylation sites (N-methyl/N-ethyl adjacent to an activating group) is 1. The number of rotatable bonds is 8. The molecule has 0 fully saturated rings. The molecule has 118 valence electrons. The summed E-state index contributed by atoms with van der Waals surface area (Å²) in [5.41, 5.74) is 1.11. The molecule has 0 aliphatic rings. The highest BCUT2D eigenvalue weighted by molar-refractivity contribution is 5.77. The van der Waals surface area contributed by atoms with Crippen LogP contribution in [-0.2, 0) is 4.79 Å². The molecule has 21 heavy (non-hydrogen) atoms. The van der Waals surface area contributed by atoms with E-state index in [1.807, 2.05) is 32.3 Å². The van der Waals surface area contributed by atoms with Gasteiger partial charge in [-0.3, -0.25) is 4.79 Å². The Bertz CT molecular complexity index is 444. The first-order chi connectivity index (χ1) is 9.95. The van der Waals surface area contributed by atoms with Crippen LogP contribution in [0.15, 0.2) is 24.3 Å². The topological polar surface area (TPSA) is 41.6 Å². The number of methoxy groups -OCH3 is 1. The van der Waals surface area contributed by atoms with Crippen molar-refractivity contribution in [2.75, 3.05) is 34.3 Å². The molecule has 4 heteroatoms. The predicted molar refractivity (Wildman–Crippen MR) is 86.8 cm³/mol. The molecule has 1 atom stereocenters. The maximum Gasteiger partial charge on any atom is 0.220 e. The van der Waals surface area contributed by atoms with Gasteiger partial charge in [-0.25, -0.2) is 0 Å². The van der Waals surface area contributed by atoms with Crippen LogP contribution < -0.4 is 10.1 Å². The van der Waals surface area contributed by atoms with Crippen LogP contribution in [0.3, 0.4) is 0 Å². The van der Waals surface area contributed by atoms with E-state index >= 15 is 0 Å². The van der Waals surface area contributed by atoms with Crippen LogP contribution in [0.1, 0.15) is 31.7 Å². The minimum Gasteiger partial charge on any atom is -0.496 e. The molecular weight excluding hydrogens is 264 g/mol. The summed E-state index contributed by atoms with van der Waals surface area (Å²) in [6.07, 6.45) is 0.492. The third-order valence-corrected chi connectivity index (χ3v) is 3.63. The number of para-hydroxylation sites is 1. The molecule has 0 aromatic heterocycles. The van der Waals surface area contributed by atoms with Crippen LogP contribution in [0.25, 0.3) is 0 Å². The smallest absolute Gasteiger partial charge is 0.220 e. The second kappa shape index (κ2) is 8.67. The molecule has 0 saturated heterocycles. The zero-order valence-corrected chi connectivity index (χ0v) is 13.8. The van der Waals surface area contributed by atoms with Gasteiger partial charge in [-0.1, -0.05) is 32.0 Å². The Hall–Kier alpha value is -1.55. The van der Waals surface area contributed by atoms with Gasteiger partial charge in [0.2, 0.25) is 5.91 Å². The Labute approximate surface area is 128 Å². The molecule has 0 aliphatic carbocycles. The van der Waals surface area contributed by atoms with E-state index in [4.69, 9.17) is 4.74 Å². The van der Waals surface area contributed by atoms with Crippen LogP contribution in [0.4, 0.5) is 0 Å². The summed E-state index contributed by atoms with van der Waals surface area (Å²) in [5, 5.41) is 2.99. The number of hydrogen-bond donors (Lipinski definition) is 1. The highest BCUT2D eigenvalue weighted by Gasteiger charge is 2.22. The fraction of sp³-hybridized carbons (Fsp3) is 0.588. The van der Waals surface area contributed by atoms with Gasteiger partial charge >= 0.3 is 0 Å². The molecule has 1 rings (SSSR count). The SMILES string of the molecule is COc1ccccc1[C@H](CC(=O)NCCN(C)C)C(C)C. The summed E-state index contributed by atoms with van der Waals surface area (Å²) in [6, 6.07) is 7.96. The fourth-order valence-corrected chi connectivity index (χ4v) is 2.37. The first kappa shape index (κ1) is 17.5. The van der Waals surface area contributed by atoms with Crippen LogP contribution in [0, 0.1) is 5.92 Å². The molecule has 1 aromatic carbocycles. The minimum absolute atomic E-state index is 0.0986. The number of ether oxygens (including phenoxy) is 1. The lowest BCUT2D eigenvalue weighted by Crippen LogP contribution is -2.32. The highest BCUT2D eigenvalue weighted by Crippen LogP contribution is 2.34. The zero-order valence-electron chi connectivity index (χ0n) is 13.8. The average molecular weight is 292 g/mol. The van der Waals surface area contributed by atoms with E-state index in [2.05, 4.69) is 30.1 Å². The summed E-state index contributed by atoms with van der Waals surface area (Å²) in [6.45, 7) is 5.82. The van der Waals surface area contributed by atoms with Gasteiger partial charge in [-0.15, -0.1) is 0 Å². The number of carbonyl (C=O) groups is 1.